The van der Waals surface area contributed by atoms with Crippen molar-refractivity contribution in [2.75, 3.05) is 6.61 Å². The molecule has 0 saturated carbocycles. The van der Waals surface area contributed by atoms with Gasteiger partial charge in [-0.25, -0.2) is 0 Å². The van der Waals surface area contributed by atoms with Crippen LogP contribution in [0, 0.1) is 0 Å². The number of aliphatic hydroxyl groups excluding tert-OH is 2. The van der Waals surface area contributed by atoms with Crippen LogP contribution in [0.3, 0.4) is 0 Å². The minimum Gasteiger partial charge on any atom is -0.394 e. The topological polar surface area (TPSA) is 69.6 Å². The molecule has 0 saturated heterocycles. The second-order valence-corrected chi connectivity index (χ2v) is 18.3. The van der Waals surface area contributed by atoms with Crippen LogP contribution in [-0.4, -0.2) is 34.9 Å². The smallest absolute Gasteiger partial charge is 0.220 e. The molecule has 0 aromatic heterocycles. The summed E-state index contributed by atoms with van der Waals surface area (Å²) in [5.41, 5.74) is 0. The van der Waals surface area contributed by atoms with E-state index in [4.69, 9.17) is 0 Å². The Morgan fingerprint density at radius 1 is 0.393 bits per heavy atom. The molecule has 356 valence electrons. The molecule has 0 aliphatic carbocycles. The number of amides is 1. The van der Waals surface area contributed by atoms with Crippen LogP contribution in [0.5, 0.6) is 0 Å². The van der Waals surface area contributed by atoms with Crippen LogP contribution in [-0.2, 0) is 4.79 Å². The van der Waals surface area contributed by atoms with E-state index < -0.39 is 12.1 Å². The predicted octanol–water partition coefficient (Wildman–Crippen LogP) is 17.6. The zero-order valence-corrected chi connectivity index (χ0v) is 40.9. The largest absolute Gasteiger partial charge is 0.394 e. The van der Waals surface area contributed by atoms with E-state index >= 15 is 0 Å². The number of hydrogen-bond donors (Lipinski definition) is 3. The van der Waals surface area contributed by atoms with Gasteiger partial charge in [0.05, 0.1) is 18.8 Å². The first-order chi connectivity index (χ1) is 30.2. The third-order valence-corrected chi connectivity index (χ3v) is 12.2. The summed E-state index contributed by atoms with van der Waals surface area (Å²) in [6.45, 7) is 4.30. The van der Waals surface area contributed by atoms with Gasteiger partial charge in [-0.1, -0.05) is 261 Å². The number of rotatable bonds is 49. The first-order valence-electron chi connectivity index (χ1n) is 27.0. The Kier molecular flexibility index (Phi) is 50.8. The molecular weight excluding hydrogens is 747 g/mol. The Hall–Kier alpha value is -1.91. The molecule has 0 aromatic rings. The number of allylic oxidation sites excluding steroid dienone is 9. The van der Waals surface area contributed by atoms with E-state index in [0.29, 0.717) is 6.42 Å². The monoisotopic (exact) mass is 852 g/mol. The standard InChI is InChI=1S/C57H105NO3/c1-3-5-7-9-11-13-15-17-19-21-23-25-27-28-29-30-31-33-35-37-39-41-43-45-47-49-51-53-57(61)58-55(54-59)56(60)52-50-48-46-44-42-40-38-36-34-32-26-24-22-20-18-16-14-12-10-8-6-4-2/h15,17,21,23,27-28,42,44,50,52,55-56,59-60H,3-14,16,18-20,22,24-26,29-41,43,45-49,51,53-54H2,1-2H3,(H,58,61)/b17-15-,23-21-,28-27-,44-42+,52-50+. The Morgan fingerprint density at radius 2 is 0.689 bits per heavy atom. The van der Waals surface area contributed by atoms with Crippen molar-refractivity contribution in [2.45, 2.75) is 289 Å². The molecule has 0 bridgehead atoms. The molecule has 0 aromatic carbocycles. The van der Waals surface area contributed by atoms with Gasteiger partial charge in [0.1, 0.15) is 0 Å². The third-order valence-electron chi connectivity index (χ3n) is 12.2. The van der Waals surface area contributed by atoms with Gasteiger partial charge in [-0.2, -0.15) is 0 Å². The summed E-state index contributed by atoms with van der Waals surface area (Å²) in [6, 6.07) is -0.643. The lowest BCUT2D eigenvalue weighted by Gasteiger charge is -2.19. The highest BCUT2D eigenvalue weighted by Crippen LogP contribution is 2.16. The zero-order chi connectivity index (χ0) is 44.2. The highest BCUT2D eigenvalue weighted by Gasteiger charge is 2.17. The van der Waals surface area contributed by atoms with Gasteiger partial charge in [0.25, 0.3) is 0 Å². The van der Waals surface area contributed by atoms with Crippen LogP contribution in [0.25, 0.3) is 0 Å². The van der Waals surface area contributed by atoms with Gasteiger partial charge in [-0.3, -0.25) is 4.79 Å². The quantitative estimate of drug-likeness (QED) is 0.0422. The lowest BCUT2D eigenvalue weighted by atomic mass is 10.0. The van der Waals surface area contributed by atoms with E-state index in [-0.39, 0.29) is 12.5 Å². The van der Waals surface area contributed by atoms with E-state index in [9.17, 15) is 15.0 Å². The average Bonchev–Trinajstić information content (AvgIpc) is 3.26. The SMILES string of the molecule is CCCCCCC/C=C\C/C=C\C/C=C\CCCCCCCCCCCCCCC(=O)NC(CO)C(O)/C=C/CC/C=C/CCCCCCCCCCCCCCCCCC. The van der Waals surface area contributed by atoms with Crippen molar-refractivity contribution in [3.8, 4) is 0 Å². The van der Waals surface area contributed by atoms with Crippen molar-refractivity contribution in [1.29, 1.82) is 0 Å². The molecule has 0 radical (unpaired) electrons. The average molecular weight is 852 g/mol. The molecule has 0 rings (SSSR count). The first-order valence-corrected chi connectivity index (χ1v) is 27.0. The number of nitrogens with one attached hydrogen (secondary N) is 1. The molecular formula is C57H105NO3. The molecule has 4 nitrogen and oxygen atoms in total. The second-order valence-electron chi connectivity index (χ2n) is 18.3. The molecule has 0 heterocycles. The van der Waals surface area contributed by atoms with Crippen molar-refractivity contribution in [3.63, 3.8) is 0 Å². The van der Waals surface area contributed by atoms with Crippen molar-refractivity contribution in [1.82, 2.24) is 5.32 Å². The molecule has 3 N–H and O–H groups in total. The van der Waals surface area contributed by atoms with E-state index in [0.717, 1.165) is 44.9 Å². The van der Waals surface area contributed by atoms with Gasteiger partial charge in [-0.15, -0.1) is 0 Å². The number of carbonyl (C=O) groups excluding carboxylic acids is 1. The molecule has 4 heteroatoms. The lowest BCUT2D eigenvalue weighted by Crippen LogP contribution is -2.45. The fourth-order valence-electron chi connectivity index (χ4n) is 8.09. The molecule has 2 atom stereocenters. The van der Waals surface area contributed by atoms with E-state index in [1.807, 2.05) is 6.08 Å². The van der Waals surface area contributed by atoms with Gasteiger partial charge >= 0.3 is 0 Å². The van der Waals surface area contributed by atoms with Gasteiger partial charge in [0.15, 0.2) is 0 Å². The second kappa shape index (κ2) is 52.4. The Bertz CT molecular complexity index is 1010. The Balaban J connectivity index is 3.56. The number of carbonyl (C=O) groups is 1. The summed E-state index contributed by atoms with van der Waals surface area (Å²) < 4.78 is 0. The molecule has 0 aliphatic rings. The maximum absolute atomic E-state index is 12.5. The number of aliphatic hydroxyl groups is 2. The Morgan fingerprint density at radius 3 is 1.07 bits per heavy atom. The van der Waals surface area contributed by atoms with Crippen LogP contribution in [0.4, 0.5) is 0 Å². The van der Waals surface area contributed by atoms with E-state index in [1.54, 1.807) is 6.08 Å². The molecule has 61 heavy (non-hydrogen) atoms. The van der Waals surface area contributed by atoms with Crippen molar-refractivity contribution >= 4 is 5.91 Å². The summed E-state index contributed by atoms with van der Waals surface area (Å²) in [5.74, 6) is -0.0749. The van der Waals surface area contributed by atoms with Crippen LogP contribution in [0.15, 0.2) is 60.8 Å². The predicted molar refractivity (Wildman–Crippen MR) is 271 cm³/mol. The van der Waals surface area contributed by atoms with Crippen molar-refractivity contribution in [2.24, 2.45) is 0 Å². The fourth-order valence-corrected chi connectivity index (χ4v) is 8.09. The summed E-state index contributed by atoms with van der Waals surface area (Å²) >= 11 is 0. The molecule has 2 unspecified atom stereocenters. The third kappa shape index (κ3) is 49.0. The summed E-state index contributed by atoms with van der Waals surface area (Å²) in [6.07, 6.45) is 73.7. The molecule has 0 spiro atoms. The molecule has 0 aliphatic heterocycles. The minimum absolute atomic E-state index is 0.0749. The van der Waals surface area contributed by atoms with E-state index in [2.05, 4.69) is 67.8 Å². The normalized spacial score (nSPS) is 13.3. The maximum atomic E-state index is 12.5. The van der Waals surface area contributed by atoms with Crippen LogP contribution >= 0.6 is 0 Å². The van der Waals surface area contributed by atoms with Crippen molar-refractivity contribution < 1.29 is 15.0 Å². The van der Waals surface area contributed by atoms with E-state index in [1.165, 1.54) is 212 Å². The lowest BCUT2D eigenvalue weighted by molar-refractivity contribution is -0.123. The summed E-state index contributed by atoms with van der Waals surface area (Å²) in [5, 5.41) is 23.1. The first kappa shape index (κ1) is 59.1. The highest BCUT2D eigenvalue weighted by molar-refractivity contribution is 5.76. The molecule has 1 amide bonds. The van der Waals surface area contributed by atoms with Crippen LogP contribution in [0.1, 0.15) is 277 Å². The van der Waals surface area contributed by atoms with Crippen LogP contribution < -0.4 is 5.32 Å². The van der Waals surface area contributed by atoms with Gasteiger partial charge in [0, 0.05) is 6.42 Å². The fraction of sp³-hybridized carbons (Fsp3) is 0.807. The minimum atomic E-state index is -0.866. The van der Waals surface area contributed by atoms with Crippen LogP contribution in [0.2, 0.25) is 0 Å². The van der Waals surface area contributed by atoms with Gasteiger partial charge in [0.2, 0.25) is 5.91 Å². The highest BCUT2D eigenvalue weighted by atomic mass is 16.3. The summed E-state index contributed by atoms with van der Waals surface area (Å²) in [4.78, 5) is 12.5. The van der Waals surface area contributed by atoms with Gasteiger partial charge < -0.3 is 15.5 Å². The zero-order valence-electron chi connectivity index (χ0n) is 40.9. The number of hydrogen-bond acceptors (Lipinski definition) is 3. The van der Waals surface area contributed by atoms with Crippen molar-refractivity contribution in [3.05, 3.63) is 60.8 Å². The Labute approximate surface area is 381 Å². The maximum Gasteiger partial charge on any atom is 0.220 e. The van der Waals surface area contributed by atoms with Gasteiger partial charge in [-0.05, 0) is 70.6 Å². The summed E-state index contributed by atoms with van der Waals surface area (Å²) in [7, 11) is 0. The molecule has 0 fully saturated rings. The number of unbranched alkanes of at least 4 members (excludes halogenated alkanes) is 34.